The number of carbonyl (C=O) groups excluding carboxylic acids is 1. The summed E-state index contributed by atoms with van der Waals surface area (Å²) in [5.41, 5.74) is 1.29. The quantitative estimate of drug-likeness (QED) is 0.730. The van der Waals surface area contributed by atoms with Crippen molar-refractivity contribution in [2.45, 2.75) is 0 Å². The van der Waals surface area contributed by atoms with Crippen LogP contribution in [-0.4, -0.2) is 13.1 Å². The fraction of sp³-hybridized carbons (Fsp3) is 0.0833. The van der Waals surface area contributed by atoms with Crippen LogP contribution in [0.25, 0.3) is 11.1 Å². The van der Waals surface area contributed by atoms with Crippen molar-refractivity contribution in [2.24, 2.45) is 0 Å². The molecule has 0 aliphatic carbocycles. The third-order valence-corrected chi connectivity index (χ3v) is 2.19. The van der Waals surface area contributed by atoms with E-state index in [1.54, 1.807) is 18.2 Å². The highest BCUT2D eigenvalue weighted by atomic mass is 19.1. The Labute approximate surface area is 91.5 Å². The summed E-state index contributed by atoms with van der Waals surface area (Å²) in [4.78, 5) is 11.3. The lowest BCUT2D eigenvalue weighted by molar-refractivity contribution is 0.0566. The molecule has 1 aromatic heterocycles. The summed E-state index contributed by atoms with van der Waals surface area (Å²) >= 11 is 0. The maximum atomic E-state index is 12.7. The van der Waals surface area contributed by atoms with Crippen LogP contribution in [-0.2, 0) is 4.74 Å². The molecular formula is C12H9FO3. The molecule has 0 amide bonds. The van der Waals surface area contributed by atoms with E-state index in [9.17, 15) is 9.18 Å². The Morgan fingerprint density at radius 1 is 1.25 bits per heavy atom. The van der Waals surface area contributed by atoms with Gasteiger partial charge in [-0.2, -0.15) is 0 Å². The Balaban J connectivity index is 2.44. The summed E-state index contributed by atoms with van der Waals surface area (Å²) in [5.74, 6) is -0.759. The van der Waals surface area contributed by atoms with Crippen molar-refractivity contribution in [1.82, 2.24) is 0 Å². The van der Waals surface area contributed by atoms with Crippen LogP contribution < -0.4 is 0 Å². The van der Waals surface area contributed by atoms with Crippen LogP contribution in [0, 0.1) is 5.82 Å². The number of ether oxygens (including phenoxy) is 1. The van der Waals surface area contributed by atoms with Crippen LogP contribution in [0.2, 0.25) is 0 Å². The standard InChI is InChI=1S/C12H9FO3/c1-15-12(14)11-10(6-7-16-11)8-2-4-9(13)5-3-8/h2-7H,1H3. The van der Waals surface area contributed by atoms with Crippen LogP contribution in [0.3, 0.4) is 0 Å². The van der Waals surface area contributed by atoms with Gasteiger partial charge in [-0.3, -0.25) is 0 Å². The van der Waals surface area contributed by atoms with Crippen LogP contribution in [0.5, 0.6) is 0 Å². The van der Waals surface area contributed by atoms with Crippen molar-refractivity contribution >= 4 is 5.97 Å². The highest BCUT2D eigenvalue weighted by Gasteiger charge is 2.16. The van der Waals surface area contributed by atoms with Crippen LogP contribution >= 0.6 is 0 Å². The molecule has 16 heavy (non-hydrogen) atoms. The SMILES string of the molecule is COC(=O)c1occc1-c1ccc(F)cc1. The van der Waals surface area contributed by atoms with Crippen LogP contribution in [0.1, 0.15) is 10.6 Å². The fourth-order valence-corrected chi connectivity index (χ4v) is 1.42. The van der Waals surface area contributed by atoms with Gasteiger partial charge in [-0.25, -0.2) is 9.18 Å². The average Bonchev–Trinajstić information content (AvgIpc) is 2.78. The third-order valence-electron chi connectivity index (χ3n) is 2.19. The second-order valence-corrected chi connectivity index (χ2v) is 3.16. The van der Waals surface area contributed by atoms with Crippen molar-refractivity contribution in [2.75, 3.05) is 7.11 Å². The van der Waals surface area contributed by atoms with Gasteiger partial charge >= 0.3 is 5.97 Å². The van der Waals surface area contributed by atoms with Gasteiger partial charge in [-0.1, -0.05) is 12.1 Å². The van der Waals surface area contributed by atoms with E-state index in [1.807, 2.05) is 0 Å². The molecule has 1 heterocycles. The highest BCUT2D eigenvalue weighted by Crippen LogP contribution is 2.25. The lowest BCUT2D eigenvalue weighted by Crippen LogP contribution is -2.00. The largest absolute Gasteiger partial charge is 0.463 e. The first-order valence-corrected chi connectivity index (χ1v) is 4.64. The van der Waals surface area contributed by atoms with Gasteiger partial charge in [-0.15, -0.1) is 0 Å². The Morgan fingerprint density at radius 3 is 2.56 bits per heavy atom. The Hall–Kier alpha value is -2.10. The number of methoxy groups -OCH3 is 1. The molecule has 2 rings (SSSR count). The predicted molar refractivity (Wildman–Crippen MR) is 55.4 cm³/mol. The second kappa shape index (κ2) is 4.18. The second-order valence-electron chi connectivity index (χ2n) is 3.16. The van der Waals surface area contributed by atoms with Gasteiger partial charge < -0.3 is 9.15 Å². The number of furan rings is 1. The molecule has 2 aromatic rings. The minimum absolute atomic E-state index is 0.120. The Morgan fingerprint density at radius 2 is 1.94 bits per heavy atom. The van der Waals surface area contributed by atoms with Gasteiger partial charge in [0.25, 0.3) is 0 Å². The highest BCUT2D eigenvalue weighted by molar-refractivity contribution is 5.94. The van der Waals surface area contributed by atoms with Gasteiger partial charge in [0, 0.05) is 5.56 Å². The van der Waals surface area contributed by atoms with E-state index >= 15 is 0 Å². The summed E-state index contributed by atoms with van der Waals surface area (Å²) in [7, 11) is 1.28. The molecule has 4 heteroatoms. The molecule has 0 atom stereocenters. The molecule has 0 aliphatic heterocycles. The zero-order valence-corrected chi connectivity index (χ0v) is 8.57. The van der Waals surface area contributed by atoms with E-state index in [4.69, 9.17) is 4.42 Å². The normalized spacial score (nSPS) is 10.1. The predicted octanol–water partition coefficient (Wildman–Crippen LogP) is 2.87. The maximum absolute atomic E-state index is 12.7. The Bertz CT molecular complexity index is 499. The fourth-order valence-electron chi connectivity index (χ4n) is 1.42. The van der Waals surface area contributed by atoms with Gasteiger partial charge in [0.2, 0.25) is 5.76 Å². The minimum Gasteiger partial charge on any atom is -0.463 e. The molecule has 0 fully saturated rings. The summed E-state index contributed by atoms with van der Waals surface area (Å²) in [5, 5.41) is 0. The zero-order chi connectivity index (χ0) is 11.5. The van der Waals surface area contributed by atoms with Gasteiger partial charge in [0.15, 0.2) is 0 Å². The van der Waals surface area contributed by atoms with Crippen molar-refractivity contribution in [3.63, 3.8) is 0 Å². The number of carbonyl (C=O) groups is 1. The molecule has 0 unspecified atom stereocenters. The molecule has 0 N–H and O–H groups in total. The van der Waals surface area contributed by atoms with Gasteiger partial charge in [0.1, 0.15) is 5.82 Å². The zero-order valence-electron chi connectivity index (χ0n) is 8.57. The number of benzene rings is 1. The van der Waals surface area contributed by atoms with Crippen LogP contribution in [0.4, 0.5) is 4.39 Å². The summed E-state index contributed by atoms with van der Waals surface area (Å²) in [6, 6.07) is 7.44. The van der Waals surface area contributed by atoms with Crippen LogP contribution in [0.15, 0.2) is 41.0 Å². The smallest absolute Gasteiger partial charge is 0.374 e. The summed E-state index contributed by atoms with van der Waals surface area (Å²) < 4.78 is 22.3. The number of rotatable bonds is 2. The number of halogens is 1. The van der Waals surface area contributed by atoms with E-state index in [-0.39, 0.29) is 11.6 Å². The first-order chi connectivity index (χ1) is 7.72. The molecule has 0 aliphatic rings. The molecule has 3 nitrogen and oxygen atoms in total. The molecule has 0 radical (unpaired) electrons. The number of esters is 1. The van der Waals surface area contributed by atoms with Gasteiger partial charge in [-0.05, 0) is 23.8 Å². The molecule has 82 valence electrons. The van der Waals surface area contributed by atoms with E-state index in [2.05, 4.69) is 4.74 Å². The molecule has 0 spiro atoms. The minimum atomic E-state index is -0.552. The molecule has 0 bridgehead atoms. The third kappa shape index (κ3) is 1.82. The van der Waals surface area contributed by atoms with E-state index in [1.165, 1.54) is 25.5 Å². The number of hydrogen-bond acceptors (Lipinski definition) is 3. The van der Waals surface area contributed by atoms with Crippen molar-refractivity contribution in [3.05, 3.63) is 48.2 Å². The molecule has 0 saturated heterocycles. The lowest BCUT2D eigenvalue weighted by Gasteiger charge is -2.00. The maximum Gasteiger partial charge on any atom is 0.374 e. The van der Waals surface area contributed by atoms with E-state index < -0.39 is 5.97 Å². The lowest BCUT2D eigenvalue weighted by atomic mass is 10.1. The Kier molecular flexibility index (Phi) is 2.72. The van der Waals surface area contributed by atoms with Gasteiger partial charge in [0.05, 0.1) is 13.4 Å². The molecular weight excluding hydrogens is 211 g/mol. The molecule has 1 aromatic carbocycles. The number of hydrogen-bond donors (Lipinski definition) is 0. The first kappa shape index (κ1) is 10.4. The monoisotopic (exact) mass is 220 g/mol. The van der Waals surface area contributed by atoms with Crippen molar-refractivity contribution in [1.29, 1.82) is 0 Å². The van der Waals surface area contributed by atoms with E-state index in [0.717, 1.165) is 0 Å². The topological polar surface area (TPSA) is 39.4 Å². The summed E-state index contributed by atoms with van der Waals surface area (Å²) in [6.45, 7) is 0. The van der Waals surface area contributed by atoms with E-state index in [0.29, 0.717) is 11.1 Å². The first-order valence-electron chi connectivity index (χ1n) is 4.64. The van der Waals surface area contributed by atoms with Crippen molar-refractivity contribution in [3.8, 4) is 11.1 Å². The molecule has 0 saturated carbocycles. The average molecular weight is 220 g/mol. The summed E-state index contributed by atoms with van der Waals surface area (Å²) in [6.07, 6.45) is 1.39. The van der Waals surface area contributed by atoms with Crippen molar-refractivity contribution < 1.29 is 18.3 Å².